The summed E-state index contributed by atoms with van der Waals surface area (Å²) in [6.07, 6.45) is 0. The fourth-order valence-electron chi connectivity index (χ4n) is 3.08. The first kappa shape index (κ1) is 20.5. The molecule has 31 heavy (non-hydrogen) atoms. The monoisotopic (exact) mass is 426 g/mol. The van der Waals surface area contributed by atoms with Gasteiger partial charge in [0.15, 0.2) is 0 Å². The maximum Gasteiger partial charge on any atom is 0.225 e. The van der Waals surface area contributed by atoms with Crippen molar-refractivity contribution in [2.75, 3.05) is 0 Å². The van der Waals surface area contributed by atoms with E-state index in [1.165, 1.54) is 0 Å². The molecule has 4 aromatic rings. The van der Waals surface area contributed by atoms with Gasteiger partial charge in [0.25, 0.3) is 0 Å². The fraction of sp³-hybridized carbons (Fsp3) is 0.0769. The Bertz CT molecular complexity index is 1210. The topological polar surface area (TPSA) is 55.1 Å². The third kappa shape index (κ3) is 5.22. The Labute approximate surface area is 186 Å². The molecule has 0 N–H and O–H groups in total. The number of aromatic nitrogens is 1. The van der Waals surface area contributed by atoms with Crippen LogP contribution in [0.2, 0.25) is 5.02 Å². The van der Waals surface area contributed by atoms with Gasteiger partial charge in [-0.3, -0.25) is 0 Å². The van der Waals surface area contributed by atoms with E-state index < -0.39 is 0 Å². The molecule has 0 saturated carbocycles. The minimum Gasteiger partial charge on any atom is -0.473 e. The molecule has 5 heteroatoms. The van der Waals surface area contributed by atoms with Crippen molar-refractivity contribution in [1.82, 2.24) is 4.98 Å². The molecule has 0 fully saturated rings. The summed E-state index contributed by atoms with van der Waals surface area (Å²) in [5, 5.41) is 9.58. The molecule has 0 spiro atoms. The lowest BCUT2D eigenvalue weighted by Crippen LogP contribution is -2.02. The molecule has 0 atom stereocenters. The summed E-state index contributed by atoms with van der Waals surface area (Å²) in [6.45, 7) is 0.764. The molecular formula is C26H19ClN2O2. The van der Waals surface area contributed by atoms with Crippen molar-refractivity contribution in [3.8, 4) is 29.0 Å². The van der Waals surface area contributed by atoms with Crippen LogP contribution in [0.5, 0.6) is 11.8 Å². The van der Waals surface area contributed by atoms with Crippen molar-refractivity contribution in [2.24, 2.45) is 0 Å². The first-order valence-corrected chi connectivity index (χ1v) is 10.2. The third-order valence-electron chi connectivity index (χ3n) is 4.67. The molecule has 0 amide bonds. The first-order chi connectivity index (χ1) is 15.2. The van der Waals surface area contributed by atoms with Crippen LogP contribution in [0.3, 0.4) is 0 Å². The number of rotatable bonds is 7. The van der Waals surface area contributed by atoms with Gasteiger partial charge in [0.1, 0.15) is 13.2 Å². The van der Waals surface area contributed by atoms with Gasteiger partial charge in [0.2, 0.25) is 11.8 Å². The lowest BCUT2D eigenvalue weighted by Gasteiger charge is -2.14. The van der Waals surface area contributed by atoms with Gasteiger partial charge in [0.05, 0.1) is 11.6 Å². The van der Waals surface area contributed by atoms with Crippen LogP contribution in [0.25, 0.3) is 11.1 Å². The predicted molar refractivity (Wildman–Crippen MR) is 121 cm³/mol. The maximum absolute atomic E-state index is 9.12. The number of pyridine rings is 1. The third-order valence-corrected chi connectivity index (χ3v) is 4.98. The van der Waals surface area contributed by atoms with Gasteiger partial charge in [0, 0.05) is 22.2 Å². The maximum atomic E-state index is 9.12. The minimum absolute atomic E-state index is 0.358. The van der Waals surface area contributed by atoms with Gasteiger partial charge in [-0.15, -0.1) is 0 Å². The number of hydrogen-bond donors (Lipinski definition) is 0. The quantitative estimate of drug-likeness (QED) is 0.341. The Hall–Kier alpha value is -3.81. The second-order valence-electron chi connectivity index (χ2n) is 6.86. The molecule has 4 rings (SSSR count). The highest BCUT2D eigenvalue weighted by Gasteiger charge is 2.14. The average molecular weight is 427 g/mol. The van der Waals surface area contributed by atoms with Gasteiger partial charge in [-0.25, -0.2) is 0 Å². The summed E-state index contributed by atoms with van der Waals surface area (Å²) in [7, 11) is 0. The Morgan fingerprint density at radius 2 is 1.35 bits per heavy atom. The Kier molecular flexibility index (Phi) is 6.47. The number of benzene rings is 3. The molecule has 1 heterocycles. The molecule has 0 radical (unpaired) electrons. The van der Waals surface area contributed by atoms with E-state index in [0.29, 0.717) is 35.6 Å². The second-order valence-corrected chi connectivity index (χ2v) is 7.26. The normalized spacial score (nSPS) is 10.3. The van der Waals surface area contributed by atoms with E-state index in [9.17, 15) is 0 Å². The Morgan fingerprint density at radius 1 is 0.742 bits per heavy atom. The fourth-order valence-corrected chi connectivity index (χ4v) is 3.36. The Balaban J connectivity index is 1.63. The lowest BCUT2D eigenvalue weighted by atomic mass is 10.1. The predicted octanol–water partition coefficient (Wildman–Crippen LogP) is 6.43. The zero-order valence-corrected chi connectivity index (χ0v) is 17.4. The number of ether oxygens (including phenoxy) is 2. The van der Waals surface area contributed by atoms with Crippen molar-refractivity contribution in [1.29, 1.82) is 5.26 Å². The van der Waals surface area contributed by atoms with E-state index in [0.717, 1.165) is 22.3 Å². The molecule has 0 bridgehead atoms. The lowest BCUT2D eigenvalue weighted by molar-refractivity contribution is 0.268. The molecule has 0 saturated heterocycles. The summed E-state index contributed by atoms with van der Waals surface area (Å²) in [5.74, 6) is 0.876. The summed E-state index contributed by atoms with van der Waals surface area (Å²) in [5.41, 5.74) is 4.05. The van der Waals surface area contributed by atoms with E-state index in [2.05, 4.69) is 11.1 Å². The van der Waals surface area contributed by atoms with Crippen LogP contribution in [0.15, 0.2) is 91.0 Å². The summed E-state index contributed by atoms with van der Waals surface area (Å²) >= 11 is 6.45. The smallest absolute Gasteiger partial charge is 0.225 e. The van der Waals surface area contributed by atoms with Crippen molar-refractivity contribution in [3.05, 3.63) is 113 Å². The van der Waals surface area contributed by atoms with E-state index in [1.54, 1.807) is 24.3 Å². The van der Waals surface area contributed by atoms with E-state index in [-0.39, 0.29) is 0 Å². The highest BCUT2D eigenvalue weighted by molar-refractivity contribution is 6.33. The summed E-state index contributed by atoms with van der Waals surface area (Å²) < 4.78 is 11.9. The molecule has 1 aromatic heterocycles. The van der Waals surface area contributed by atoms with Crippen molar-refractivity contribution >= 4 is 11.6 Å². The van der Waals surface area contributed by atoms with Crippen molar-refractivity contribution in [3.63, 3.8) is 0 Å². The first-order valence-electron chi connectivity index (χ1n) is 9.77. The van der Waals surface area contributed by atoms with Crippen LogP contribution in [0.1, 0.15) is 16.7 Å². The highest BCUT2D eigenvalue weighted by Crippen LogP contribution is 2.36. The van der Waals surface area contributed by atoms with Crippen molar-refractivity contribution < 1.29 is 9.47 Å². The average Bonchev–Trinajstić information content (AvgIpc) is 2.83. The highest BCUT2D eigenvalue weighted by atomic mass is 35.5. The van der Waals surface area contributed by atoms with Crippen molar-refractivity contribution in [2.45, 2.75) is 13.2 Å². The van der Waals surface area contributed by atoms with Gasteiger partial charge >= 0.3 is 0 Å². The molecule has 3 aromatic carbocycles. The standard InChI is InChI=1S/C26H19ClN2O2/c27-24-15-21(16-28)11-12-22(24)23-13-14-25(30-17-19-7-3-1-4-8-19)29-26(23)31-18-20-9-5-2-6-10-20/h1-15H,17-18H2. The number of nitriles is 1. The summed E-state index contributed by atoms with van der Waals surface area (Å²) in [4.78, 5) is 4.59. The largest absolute Gasteiger partial charge is 0.473 e. The van der Waals surface area contributed by atoms with Gasteiger partial charge in [-0.1, -0.05) is 78.3 Å². The SMILES string of the molecule is N#Cc1ccc(-c2ccc(OCc3ccccc3)nc2OCc2ccccc2)c(Cl)c1. The molecule has 0 unspecified atom stereocenters. The number of halogens is 1. The van der Waals surface area contributed by atoms with Crippen LogP contribution in [-0.2, 0) is 13.2 Å². The number of hydrogen-bond acceptors (Lipinski definition) is 4. The molecule has 0 aliphatic heterocycles. The molecule has 0 aliphatic rings. The van der Waals surface area contributed by atoms with Gasteiger partial charge in [-0.2, -0.15) is 10.2 Å². The molecule has 152 valence electrons. The van der Waals surface area contributed by atoms with Crippen LogP contribution in [0.4, 0.5) is 0 Å². The zero-order chi connectivity index (χ0) is 21.5. The zero-order valence-electron chi connectivity index (χ0n) is 16.7. The van der Waals surface area contributed by atoms with Crippen LogP contribution in [0, 0.1) is 11.3 Å². The van der Waals surface area contributed by atoms with Crippen LogP contribution < -0.4 is 9.47 Å². The van der Waals surface area contributed by atoms with Gasteiger partial charge < -0.3 is 9.47 Å². The van der Waals surface area contributed by atoms with E-state index in [4.69, 9.17) is 26.3 Å². The van der Waals surface area contributed by atoms with Crippen LogP contribution in [-0.4, -0.2) is 4.98 Å². The number of nitrogens with zero attached hydrogens (tertiary/aromatic N) is 2. The van der Waals surface area contributed by atoms with E-state index in [1.807, 2.05) is 66.7 Å². The summed E-state index contributed by atoms with van der Waals surface area (Å²) in [6, 6.07) is 30.7. The van der Waals surface area contributed by atoms with Crippen LogP contribution >= 0.6 is 11.6 Å². The molecular weight excluding hydrogens is 408 g/mol. The van der Waals surface area contributed by atoms with E-state index >= 15 is 0 Å². The molecule has 4 nitrogen and oxygen atoms in total. The minimum atomic E-state index is 0.358. The molecule has 0 aliphatic carbocycles. The Morgan fingerprint density at radius 3 is 1.97 bits per heavy atom. The van der Waals surface area contributed by atoms with Gasteiger partial charge in [-0.05, 0) is 29.3 Å². The second kappa shape index (κ2) is 9.80.